The summed E-state index contributed by atoms with van der Waals surface area (Å²) < 4.78 is 17.2. The Morgan fingerprint density at radius 2 is 1.95 bits per heavy atom. The summed E-state index contributed by atoms with van der Waals surface area (Å²) in [6.45, 7) is 7.07. The van der Waals surface area contributed by atoms with Gasteiger partial charge in [-0.15, -0.1) is 0 Å². The van der Waals surface area contributed by atoms with E-state index >= 15 is 0 Å². The van der Waals surface area contributed by atoms with Crippen molar-refractivity contribution in [1.82, 2.24) is 0 Å². The Kier molecular flexibility index (Phi) is 4.68. The summed E-state index contributed by atoms with van der Waals surface area (Å²) in [6.07, 6.45) is 4.14. The lowest BCUT2D eigenvalue weighted by Gasteiger charge is -2.34. The predicted molar refractivity (Wildman–Crippen MR) is 77.8 cm³/mol. The Morgan fingerprint density at radius 1 is 1.25 bits per heavy atom. The molecule has 110 valence electrons. The molecule has 2 rings (SSSR count). The second kappa shape index (κ2) is 6.29. The van der Waals surface area contributed by atoms with Gasteiger partial charge in [0.15, 0.2) is 6.29 Å². The number of hydrogen-bond acceptors (Lipinski definition) is 4. The topological polar surface area (TPSA) is 47.9 Å². The van der Waals surface area contributed by atoms with Gasteiger partial charge in [0, 0.05) is 19.6 Å². The quantitative estimate of drug-likeness (QED) is 0.811. The molecule has 4 heteroatoms. The monoisotopic (exact) mass is 278 g/mol. The standard InChI is InChI=1S/C16H22O4/c1-4-18-15(19-5-2)11-16(3)10-9-12-13(17)7-6-8-14(12)20-16/h6-10,15,17H,4-5,11H2,1-3H3. The first kappa shape index (κ1) is 14.9. The zero-order valence-electron chi connectivity index (χ0n) is 12.3. The molecule has 0 amide bonds. The van der Waals surface area contributed by atoms with Crippen molar-refractivity contribution in [3.05, 3.63) is 29.8 Å². The Morgan fingerprint density at radius 3 is 2.60 bits per heavy atom. The van der Waals surface area contributed by atoms with Gasteiger partial charge in [0.05, 0.1) is 5.56 Å². The summed E-state index contributed by atoms with van der Waals surface area (Å²) in [5.74, 6) is 0.911. The van der Waals surface area contributed by atoms with Crippen molar-refractivity contribution >= 4 is 6.08 Å². The van der Waals surface area contributed by atoms with Crippen molar-refractivity contribution in [2.75, 3.05) is 13.2 Å². The van der Waals surface area contributed by atoms with Crippen LogP contribution in [0.1, 0.15) is 32.8 Å². The summed E-state index contributed by atoms with van der Waals surface area (Å²) in [4.78, 5) is 0. The Bertz CT molecular complexity index is 477. The first-order valence-electron chi connectivity index (χ1n) is 7.01. The SMILES string of the molecule is CCOC(CC1(C)C=Cc2c(O)cccc2O1)OCC. The third-order valence-electron chi connectivity index (χ3n) is 3.27. The summed E-state index contributed by atoms with van der Waals surface area (Å²) in [5, 5.41) is 9.80. The predicted octanol–water partition coefficient (Wildman–Crippen LogP) is 3.35. The average Bonchev–Trinajstić information content (AvgIpc) is 2.39. The highest BCUT2D eigenvalue weighted by atomic mass is 16.7. The molecule has 1 aliphatic rings. The first-order chi connectivity index (χ1) is 9.58. The van der Waals surface area contributed by atoms with Gasteiger partial charge in [-0.25, -0.2) is 0 Å². The van der Waals surface area contributed by atoms with Gasteiger partial charge in [-0.3, -0.25) is 0 Å². The van der Waals surface area contributed by atoms with Crippen LogP contribution < -0.4 is 4.74 Å². The normalized spacial score (nSPS) is 20.8. The van der Waals surface area contributed by atoms with E-state index in [0.29, 0.717) is 30.9 Å². The van der Waals surface area contributed by atoms with Crippen LogP contribution in [0.3, 0.4) is 0 Å². The van der Waals surface area contributed by atoms with E-state index in [1.807, 2.05) is 39.0 Å². The Labute approximate surface area is 120 Å². The lowest BCUT2D eigenvalue weighted by atomic mass is 9.96. The molecular formula is C16H22O4. The molecule has 0 aliphatic carbocycles. The zero-order valence-corrected chi connectivity index (χ0v) is 12.3. The van der Waals surface area contributed by atoms with Crippen LogP contribution >= 0.6 is 0 Å². The van der Waals surface area contributed by atoms with Crippen molar-refractivity contribution in [2.24, 2.45) is 0 Å². The number of benzene rings is 1. The number of phenols is 1. The summed E-state index contributed by atoms with van der Waals surface area (Å²) in [6, 6.07) is 5.28. The van der Waals surface area contributed by atoms with Crippen LogP contribution in [-0.2, 0) is 9.47 Å². The van der Waals surface area contributed by atoms with Crippen molar-refractivity contribution < 1.29 is 19.3 Å². The fourth-order valence-electron chi connectivity index (χ4n) is 2.31. The Balaban J connectivity index is 2.14. The van der Waals surface area contributed by atoms with Crippen LogP contribution in [-0.4, -0.2) is 30.2 Å². The largest absolute Gasteiger partial charge is 0.507 e. The molecule has 1 atom stereocenters. The maximum absolute atomic E-state index is 9.80. The van der Waals surface area contributed by atoms with E-state index in [9.17, 15) is 5.11 Å². The van der Waals surface area contributed by atoms with E-state index in [0.717, 1.165) is 0 Å². The average molecular weight is 278 g/mol. The van der Waals surface area contributed by atoms with E-state index in [1.165, 1.54) is 0 Å². The molecule has 0 fully saturated rings. The molecule has 0 saturated heterocycles. The first-order valence-corrected chi connectivity index (χ1v) is 7.01. The smallest absolute Gasteiger partial charge is 0.161 e. The lowest BCUT2D eigenvalue weighted by molar-refractivity contribution is -0.156. The molecule has 1 unspecified atom stereocenters. The molecule has 0 radical (unpaired) electrons. The zero-order chi connectivity index (χ0) is 14.6. The second-order valence-corrected chi connectivity index (χ2v) is 4.98. The highest BCUT2D eigenvalue weighted by molar-refractivity contribution is 5.66. The van der Waals surface area contributed by atoms with Gasteiger partial charge in [-0.05, 0) is 45.1 Å². The molecule has 0 spiro atoms. The van der Waals surface area contributed by atoms with Crippen LogP contribution in [0, 0.1) is 0 Å². The van der Waals surface area contributed by atoms with Gasteiger partial charge in [-0.1, -0.05) is 6.07 Å². The van der Waals surface area contributed by atoms with Crippen molar-refractivity contribution in [3.63, 3.8) is 0 Å². The van der Waals surface area contributed by atoms with Gasteiger partial charge in [0.25, 0.3) is 0 Å². The summed E-state index contributed by atoms with van der Waals surface area (Å²) in [5.41, 5.74) is 0.213. The molecule has 1 heterocycles. The van der Waals surface area contributed by atoms with Crippen LogP contribution in [0.2, 0.25) is 0 Å². The third-order valence-corrected chi connectivity index (χ3v) is 3.27. The minimum Gasteiger partial charge on any atom is -0.507 e. The van der Waals surface area contributed by atoms with Crippen LogP contribution in [0.4, 0.5) is 0 Å². The van der Waals surface area contributed by atoms with Crippen LogP contribution in [0.15, 0.2) is 24.3 Å². The number of phenolic OH excluding ortho intramolecular Hbond substituents is 1. The van der Waals surface area contributed by atoms with E-state index in [-0.39, 0.29) is 12.0 Å². The summed E-state index contributed by atoms with van der Waals surface area (Å²) >= 11 is 0. The maximum atomic E-state index is 9.80. The number of fused-ring (bicyclic) bond motifs is 1. The van der Waals surface area contributed by atoms with Gasteiger partial charge in [0.2, 0.25) is 0 Å². The molecule has 4 nitrogen and oxygen atoms in total. The van der Waals surface area contributed by atoms with E-state index in [4.69, 9.17) is 14.2 Å². The number of rotatable bonds is 6. The molecule has 1 N–H and O–H groups in total. The van der Waals surface area contributed by atoms with Crippen LogP contribution in [0.25, 0.3) is 6.08 Å². The van der Waals surface area contributed by atoms with Crippen molar-refractivity contribution in [1.29, 1.82) is 0 Å². The van der Waals surface area contributed by atoms with Crippen molar-refractivity contribution in [2.45, 2.75) is 39.1 Å². The highest BCUT2D eigenvalue weighted by Crippen LogP contribution is 2.37. The van der Waals surface area contributed by atoms with Gasteiger partial charge in [-0.2, -0.15) is 0 Å². The third kappa shape index (κ3) is 3.32. The molecule has 1 aliphatic heterocycles. The molecule has 0 aromatic heterocycles. The summed E-state index contributed by atoms with van der Waals surface area (Å²) in [7, 11) is 0. The Hall–Kier alpha value is -1.52. The number of hydrogen-bond donors (Lipinski definition) is 1. The molecule has 1 aromatic rings. The number of aromatic hydroxyl groups is 1. The van der Waals surface area contributed by atoms with Crippen molar-refractivity contribution in [3.8, 4) is 11.5 Å². The molecule has 0 bridgehead atoms. The minimum atomic E-state index is -0.504. The highest BCUT2D eigenvalue weighted by Gasteiger charge is 2.32. The molecule has 0 saturated carbocycles. The van der Waals surface area contributed by atoms with Gasteiger partial charge >= 0.3 is 0 Å². The fourth-order valence-corrected chi connectivity index (χ4v) is 2.31. The van der Waals surface area contributed by atoms with Gasteiger partial charge in [0.1, 0.15) is 17.1 Å². The molecule has 1 aromatic carbocycles. The minimum absolute atomic E-state index is 0.229. The van der Waals surface area contributed by atoms with Crippen LogP contribution in [0.5, 0.6) is 11.5 Å². The van der Waals surface area contributed by atoms with Gasteiger partial charge < -0.3 is 19.3 Å². The molecular weight excluding hydrogens is 256 g/mol. The van der Waals surface area contributed by atoms with E-state index in [1.54, 1.807) is 12.1 Å². The van der Waals surface area contributed by atoms with E-state index < -0.39 is 5.60 Å². The lowest BCUT2D eigenvalue weighted by Crippen LogP contribution is -2.38. The molecule has 20 heavy (non-hydrogen) atoms. The fraction of sp³-hybridized carbons (Fsp3) is 0.500. The number of ether oxygens (including phenoxy) is 3. The maximum Gasteiger partial charge on any atom is 0.161 e. The van der Waals surface area contributed by atoms with E-state index in [2.05, 4.69) is 0 Å². The second-order valence-electron chi connectivity index (χ2n) is 4.98.